The molecule has 4 rings (SSSR count). The average Bonchev–Trinajstić information content (AvgIpc) is 3.02. The van der Waals surface area contributed by atoms with Gasteiger partial charge in [-0.15, -0.1) is 10.2 Å². The fraction of sp³-hybridized carbons (Fsp3) is 0.250. The van der Waals surface area contributed by atoms with Crippen LogP contribution in [-0.4, -0.2) is 37.5 Å². The summed E-state index contributed by atoms with van der Waals surface area (Å²) >= 11 is 0. The van der Waals surface area contributed by atoms with Crippen molar-refractivity contribution in [3.05, 3.63) is 48.3 Å². The van der Waals surface area contributed by atoms with E-state index in [1.807, 2.05) is 0 Å². The van der Waals surface area contributed by atoms with Crippen molar-refractivity contribution in [1.29, 1.82) is 0 Å². The zero-order valence-electron chi connectivity index (χ0n) is 13.3. The van der Waals surface area contributed by atoms with Crippen LogP contribution in [0.5, 0.6) is 0 Å². The van der Waals surface area contributed by atoms with Gasteiger partial charge in [0, 0.05) is 25.1 Å². The SMILES string of the molecule is O=C(Nc1ccc2nncn2c1)c1cc(F)cnc1NC1CC(F)(F)C1. The molecule has 134 valence electrons. The van der Waals surface area contributed by atoms with Gasteiger partial charge in [-0.05, 0) is 18.2 Å². The highest BCUT2D eigenvalue weighted by atomic mass is 19.3. The van der Waals surface area contributed by atoms with E-state index in [-0.39, 0.29) is 24.2 Å². The minimum Gasteiger partial charge on any atom is -0.366 e. The quantitative estimate of drug-likeness (QED) is 0.746. The standard InChI is InChI=1S/C16H13F3N6O/c17-9-3-12(14(20-6-9)22-11-4-16(18,19)5-11)15(26)23-10-1-2-13-24-21-8-25(13)7-10/h1-3,6-8,11H,4-5H2,(H,20,22)(H,23,26). The molecule has 0 atom stereocenters. The molecule has 0 aromatic carbocycles. The Labute approximate surface area is 145 Å². The first-order chi connectivity index (χ1) is 12.4. The molecular formula is C16H13F3N6O. The number of carbonyl (C=O) groups excluding carboxylic acids is 1. The van der Waals surface area contributed by atoms with E-state index in [0.717, 1.165) is 12.3 Å². The van der Waals surface area contributed by atoms with Gasteiger partial charge >= 0.3 is 0 Å². The van der Waals surface area contributed by atoms with Gasteiger partial charge in [0.25, 0.3) is 11.8 Å². The summed E-state index contributed by atoms with van der Waals surface area (Å²) in [6, 6.07) is 3.78. The maximum absolute atomic E-state index is 13.6. The second-order valence-corrected chi connectivity index (χ2v) is 6.12. The average molecular weight is 362 g/mol. The van der Waals surface area contributed by atoms with Gasteiger partial charge < -0.3 is 10.6 Å². The smallest absolute Gasteiger partial charge is 0.259 e. The van der Waals surface area contributed by atoms with Gasteiger partial charge in [-0.1, -0.05) is 0 Å². The first kappa shape index (κ1) is 16.3. The van der Waals surface area contributed by atoms with Gasteiger partial charge in [0.2, 0.25) is 0 Å². The van der Waals surface area contributed by atoms with Gasteiger partial charge in [-0.25, -0.2) is 18.2 Å². The van der Waals surface area contributed by atoms with E-state index in [4.69, 9.17) is 0 Å². The number of hydrogen-bond acceptors (Lipinski definition) is 5. The van der Waals surface area contributed by atoms with Crippen molar-refractivity contribution < 1.29 is 18.0 Å². The summed E-state index contributed by atoms with van der Waals surface area (Å²) in [7, 11) is 0. The molecule has 1 saturated carbocycles. The Bertz CT molecular complexity index is 981. The highest BCUT2D eigenvalue weighted by Crippen LogP contribution is 2.39. The summed E-state index contributed by atoms with van der Waals surface area (Å²) in [4.78, 5) is 16.4. The third-order valence-electron chi connectivity index (χ3n) is 4.08. The summed E-state index contributed by atoms with van der Waals surface area (Å²) in [5.41, 5.74) is 0.973. The largest absolute Gasteiger partial charge is 0.366 e. The molecule has 0 aliphatic heterocycles. The molecule has 3 aromatic rings. The minimum atomic E-state index is -2.71. The normalized spacial score (nSPS) is 16.3. The third kappa shape index (κ3) is 3.17. The van der Waals surface area contributed by atoms with Crippen LogP contribution >= 0.6 is 0 Å². The third-order valence-corrected chi connectivity index (χ3v) is 4.08. The van der Waals surface area contributed by atoms with Crippen molar-refractivity contribution in [3.63, 3.8) is 0 Å². The van der Waals surface area contributed by atoms with Gasteiger partial charge in [0.15, 0.2) is 5.65 Å². The number of alkyl halides is 2. The fourth-order valence-electron chi connectivity index (χ4n) is 2.78. The van der Waals surface area contributed by atoms with Gasteiger partial charge in [-0.2, -0.15) is 0 Å². The second-order valence-electron chi connectivity index (χ2n) is 6.12. The lowest BCUT2D eigenvalue weighted by molar-refractivity contribution is -0.0794. The van der Waals surface area contributed by atoms with Crippen LogP contribution < -0.4 is 10.6 Å². The van der Waals surface area contributed by atoms with Crippen LogP contribution in [0.2, 0.25) is 0 Å². The van der Waals surface area contributed by atoms with E-state index in [0.29, 0.717) is 11.3 Å². The van der Waals surface area contributed by atoms with E-state index < -0.39 is 23.7 Å². The Kier molecular flexibility index (Phi) is 3.74. The molecular weight excluding hydrogens is 349 g/mol. The molecule has 26 heavy (non-hydrogen) atoms. The Morgan fingerprint density at radius 3 is 2.88 bits per heavy atom. The highest BCUT2D eigenvalue weighted by molar-refractivity contribution is 6.07. The van der Waals surface area contributed by atoms with Crippen molar-refractivity contribution in [2.45, 2.75) is 24.8 Å². The molecule has 0 radical (unpaired) electrons. The van der Waals surface area contributed by atoms with E-state index in [2.05, 4.69) is 25.8 Å². The molecule has 10 heteroatoms. The lowest BCUT2D eigenvalue weighted by atomic mass is 9.88. The number of pyridine rings is 2. The van der Waals surface area contributed by atoms with Crippen LogP contribution in [0, 0.1) is 5.82 Å². The first-order valence-electron chi connectivity index (χ1n) is 7.80. The lowest BCUT2D eigenvalue weighted by Gasteiger charge is -2.35. The van der Waals surface area contributed by atoms with Crippen molar-refractivity contribution in [1.82, 2.24) is 19.6 Å². The predicted octanol–water partition coefficient (Wildman–Crippen LogP) is 2.73. The number of fused-ring (bicyclic) bond motifs is 1. The van der Waals surface area contributed by atoms with Crippen LogP contribution in [0.25, 0.3) is 5.65 Å². The first-order valence-corrected chi connectivity index (χ1v) is 7.80. The Balaban J connectivity index is 1.55. The molecule has 7 nitrogen and oxygen atoms in total. The number of anilines is 2. The zero-order chi connectivity index (χ0) is 18.3. The molecule has 1 fully saturated rings. The van der Waals surface area contributed by atoms with Crippen LogP contribution in [0.1, 0.15) is 23.2 Å². The van der Waals surface area contributed by atoms with E-state index in [1.54, 1.807) is 22.7 Å². The summed E-state index contributed by atoms with van der Waals surface area (Å²) in [5, 5.41) is 13.0. The Morgan fingerprint density at radius 1 is 1.31 bits per heavy atom. The minimum absolute atomic E-state index is 0.0646. The molecule has 3 aromatic heterocycles. The molecule has 3 heterocycles. The maximum atomic E-state index is 13.6. The maximum Gasteiger partial charge on any atom is 0.259 e. The number of hydrogen-bond donors (Lipinski definition) is 2. The molecule has 0 bridgehead atoms. The molecule has 1 aliphatic rings. The molecule has 1 amide bonds. The molecule has 0 spiro atoms. The Hall–Kier alpha value is -3.17. The zero-order valence-corrected chi connectivity index (χ0v) is 13.3. The number of halogens is 3. The molecule has 1 aliphatic carbocycles. The van der Waals surface area contributed by atoms with Crippen LogP contribution in [0.15, 0.2) is 36.9 Å². The van der Waals surface area contributed by atoms with Crippen LogP contribution in [-0.2, 0) is 0 Å². The number of amides is 1. The van der Waals surface area contributed by atoms with Crippen molar-refractivity contribution in [3.8, 4) is 0 Å². The van der Waals surface area contributed by atoms with Crippen LogP contribution in [0.4, 0.5) is 24.7 Å². The lowest BCUT2D eigenvalue weighted by Crippen LogP contribution is -2.44. The van der Waals surface area contributed by atoms with Crippen LogP contribution in [0.3, 0.4) is 0 Å². The predicted molar refractivity (Wildman–Crippen MR) is 86.7 cm³/mol. The van der Waals surface area contributed by atoms with E-state index in [1.165, 1.54) is 6.33 Å². The number of nitrogens with one attached hydrogen (secondary N) is 2. The van der Waals surface area contributed by atoms with E-state index >= 15 is 0 Å². The summed E-state index contributed by atoms with van der Waals surface area (Å²) in [5.74, 6) is -3.96. The summed E-state index contributed by atoms with van der Waals surface area (Å²) in [6.45, 7) is 0. The van der Waals surface area contributed by atoms with Gasteiger partial charge in [0.1, 0.15) is 18.0 Å². The second kappa shape index (κ2) is 5.97. The van der Waals surface area contributed by atoms with Crippen molar-refractivity contribution in [2.75, 3.05) is 10.6 Å². The monoisotopic (exact) mass is 362 g/mol. The van der Waals surface area contributed by atoms with E-state index in [9.17, 15) is 18.0 Å². The molecule has 0 saturated heterocycles. The fourth-order valence-corrected chi connectivity index (χ4v) is 2.78. The molecule has 2 N–H and O–H groups in total. The van der Waals surface area contributed by atoms with Crippen molar-refractivity contribution in [2.24, 2.45) is 0 Å². The number of nitrogens with zero attached hydrogens (tertiary/aromatic N) is 4. The Morgan fingerprint density at radius 2 is 2.12 bits per heavy atom. The van der Waals surface area contributed by atoms with Crippen molar-refractivity contribution >= 4 is 23.1 Å². The van der Waals surface area contributed by atoms with Gasteiger partial charge in [-0.3, -0.25) is 9.20 Å². The number of carbonyl (C=O) groups is 1. The summed E-state index contributed by atoms with van der Waals surface area (Å²) < 4.78 is 41.1. The van der Waals surface area contributed by atoms with Gasteiger partial charge in [0.05, 0.1) is 17.4 Å². The number of aromatic nitrogens is 4. The molecule has 0 unspecified atom stereocenters. The topological polar surface area (TPSA) is 84.2 Å². The summed E-state index contributed by atoms with van der Waals surface area (Å²) in [6.07, 6.45) is 3.30. The number of rotatable bonds is 4. The highest BCUT2D eigenvalue weighted by Gasteiger charge is 2.45.